The van der Waals surface area contributed by atoms with E-state index in [9.17, 15) is 27.6 Å². The predicted molar refractivity (Wildman–Crippen MR) is 123 cm³/mol. The molecule has 0 bridgehead atoms. The van der Waals surface area contributed by atoms with E-state index in [4.69, 9.17) is 9.47 Å². The monoisotopic (exact) mass is 507 g/mol. The number of carbonyl (C=O) groups is 3. The van der Waals surface area contributed by atoms with Gasteiger partial charge in [-0.25, -0.2) is 0 Å². The number of rotatable bonds is 4. The van der Waals surface area contributed by atoms with Crippen molar-refractivity contribution in [3.8, 4) is 11.5 Å². The summed E-state index contributed by atoms with van der Waals surface area (Å²) in [6.07, 6.45) is -4.41. The molecule has 8 nitrogen and oxygen atoms in total. The minimum absolute atomic E-state index is 0.0814. The van der Waals surface area contributed by atoms with Crippen molar-refractivity contribution in [2.45, 2.75) is 51.4 Å². The molecule has 1 aromatic carbocycles. The molecule has 1 fully saturated rings. The molecule has 1 spiro atoms. The molecule has 0 radical (unpaired) electrons. The van der Waals surface area contributed by atoms with Gasteiger partial charge in [-0.15, -0.1) is 0 Å². The van der Waals surface area contributed by atoms with Crippen molar-refractivity contribution in [3.63, 3.8) is 0 Å². The van der Waals surface area contributed by atoms with Crippen LogP contribution in [0.3, 0.4) is 0 Å². The number of likely N-dealkylation sites (tertiary alicyclic amines) is 1. The van der Waals surface area contributed by atoms with E-state index in [1.54, 1.807) is 23.1 Å². The molecular formula is C25H28F3N3O5. The van der Waals surface area contributed by atoms with Crippen LogP contribution in [0.15, 0.2) is 30.3 Å². The Morgan fingerprint density at radius 1 is 1.06 bits per heavy atom. The topological polar surface area (TPSA) is 81.1 Å². The fourth-order valence-corrected chi connectivity index (χ4v) is 5.14. The standard InChI is InChI=1S/C25H28F3N3O5/c1-15(2)36-18-6-5-17(13-19(18)35-4)23(34)29-11-9-24(10-12-29)20-7-8-21(25(26,27)28)31(20)22(33)14-30(24)16(3)32/h5-8,13,15H,9-12,14H2,1-4H3. The summed E-state index contributed by atoms with van der Waals surface area (Å²) in [4.78, 5) is 41.3. The van der Waals surface area contributed by atoms with Gasteiger partial charge in [-0.2, -0.15) is 13.2 Å². The maximum absolute atomic E-state index is 13.6. The van der Waals surface area contributed by atoms with Gasteiger partial charge in [-0.05, 0) is 57.0 Å². The smallest absolute Gasteiger partial charge is 0.431 e. The van der Waals surface area contributed by atoms with Gasteiger partial charge in [0.15, 0.2) is 11.5 Å². The van der Waals surface area contributed by atoms with Crippen LogP contribution in [0.2, 0.25) is 0 Å². The number of nitrogens with zero attached hydrogens (tertiary/aromatic N) is 3. The van der Waals surface area contributed by atoms with E-state index < -0.39 is 35.8 Å². The Morgan fingerprint density at radius 3 is 2.28 bits per heavy atom. The van der Waals surface area contributed by atoms with Crippen LogP contribution in [-0.2, 0) is 16.5 Å². The maximum Gasteiger partial charge on any atom is 0.431 e. The summed E-state index contributed by atoms with van der Waals surface area (Å²) in [6.45, 7) is 4.97. The summed E-state index contributed by atoms with van der Waals surface area (Å²) in [5.74, 6) is -0.570. The van der Waals surface area contributed by atoms with Crippen LogP contribution in [0, 0.1) is 0 Å². The molecule has 0 atom stereocenters. The SMILES string of the molecule is COc1cc(C(=O)N2CCC3(CC2)c2ccc(C(F)(F)F)n2C(=O)CN3C(C)=O)ccc1OC(C)C. The average molecular weight is 508 g/mol. The number of fused-ring (bicyclic) bond motifs is 2. The van der Waals surface area contributed by atoms with Gasteiger partial charge in [0.05, 0.1) is 24.4 Å². The fraction of sp³-hybridized carbons (Fsp3) is 0.480. The summed E-state index contributed by atoms with van der Waals surface area (Å²) in [6, 6.07) is 7.03. The molecule has 1 aromatic heterocycles. The van der Waals surface area contributed by atoms with Crippen LogP contribution in [0.4, 0.5) is 13.2 Å². The van der Waals surface area contributed by atoms with Crippen molar-refractivity contribution in [3.05, 3.63) is 47.3 Å². The summed E-state index contributed by atoms with van der Waals surface area (Å²) < 4.78 is 52.5. The first-order valence-corrected chi connectivity index (χ1v) is 11.6. The number of hydrogen-bond acceptors (Lipinski definition) is 5. The van der Waals surface area contributed by atoms with Gasteiger partial charge < -0.3 is 19.3 Å². The molecule has 2 amide bonds. The van der Waals surface area contributed by atoms with Gasteiger partial charge in [0.25, 0.3) is 11.8 Å². The molecule has 11 heteroatoms. The Labute approximate surface area is 206 Å². The Balaban J connectivity index is 1.62. The number of amides is 2. The zero-order chi connectivity index (χ0) is 26.4. The molecule has 2 aromatic rings. The Hall–Kier alpha value is -3.50. The molecule has 1 saturated heterocycles. The molecular weight excluding hydrogens is 479 g/mol. The molecule has 2 aliphatic heterocycles. The average Bonchev–Trinajstić information content (AvgIpc) is 3.29. The molecule has 0 saturated carbocycles. The second kappa shape index (κ2) is 9.18. The lowest BCUT2D eigenvalue weighted by Gasteiger charge is -2.51. The third kappa shape index (κ3) is 4.31. The molecule has 194 valence electrons. The first-order valence-electron chi connectivity index (χ1n) is 11.6. The Bertz CT molecular complexity index is 1200. The number of piperidine rings is 1. The molecule has 3 heterocycles. The number of hydrogen-bond donors (Lipinski definition) is 0. The van der Waals surface area contributed by atoms with E-state index in [0.717, 1.165) is 6.07 Å². The Morgan fingerprint density at radius 2 is 1.72 bits per heavy atom. The zero-order valence-corrected chi connectivity index (χ0v) is 20.5. The van der Waals surface area contributed by atoms with E-state index in [2.05, 4.69) is 0 Å². The molecule has 0 N–H and O–H groups in total. The molecule has 0 aliphatic carbocycles. The third-order valence-corrected chi connectivity index (χ3v) is 6.74. The van der Waals surface area contributed by atoms with Gasteiger partial charge >= 0.3 is 6.18 Å². The molecule has 4 rings (SSSR count). The summed E-state index contributed by atoms with van der Waals surface area (Å²) in [5.41, 5.74) is -1.67. The van der Waals surface area contributed by atoms with Crippen LogP contribution < -0.4 is 9.47 Å². The summed E-state index contributed by atoms with van der Waals surface area (Å²) in [5, 5.41) is 0. The van der Waals surface area contributed by atoms with Gasteiger partial charge in [-0.1, -0.05) is 0 Å². The maximum atomic E-state index is 13.6. The van der Waals surface area contributed by atoms with E-state index in [-0.39, 0.29) is 43.6 Å². The number of carbonyl (C=O) groups excluding carboxylic acids is 3. The second-order valence-electron chi connectivity index (χ2n) is 9.29. The quantitative estimate of drug-likeness (QED) is 0.627. The minimum atomic E-state index is -4.71. The van der Waals surface area contributed by atoms with Crippen LogP contribution in [0.5, 0.6) is 11.5 Å². The number of ether oxygens (including phenoxy) is 2. The third-order valence-electron chi connectivity index (χ3n) is 6.74. The number of halogens is 3. The lowest BCUT2D eigenvalue weighted by atomic mass is 9.80. The number of methoxy groups -OCH3 is 1. The first kappa shape index (κ1) is 25.6. The minimum Gasteiger partial charge on any atom is -0.493 e. The van der Waals surface area contributed by atoms with Crippen LogP contribution in [-0.4, -0.2) is 64.9 Å². The second-order valence-corrected chi connectivity index (χ2v) is 9.29. The Kier molecular flexibility index (Phi) is 6.52. The van der Waals surface area contributed by atoms with Crippen LogP contribution in [0.25, 0.3) is 0 Å². The molecule has 0 unspecified atom stereocenters. The van der Waals surface area contributed by atoms with Gasteiger partial charge in [0.2, 0.25) is 5.91 Å². The fourth-order valence-electron chi connectivity index (χ4n) is 5.14. The predicted octanol–water partition coefficient (Wildman–Crippen LogP) is 3.94. The van der Waals surface area contributed by atoms with Gasteiger partial charge in [0.1, 0.15) is 12.2 Å². The van der Waals surface area contributed by atoms with E-state index in [1.807, 2.05) is 13.8 Å². The van der Waals surface area contributed by atoms with E-state index in [0.29, 0.717) is 21.6 Å². The van der Waals surface area contributed by atoms with Crippen LogP contribution in [0.1, 0.15) is 60.2 Å². The number of benzene rings is 1. The molecule has 2 aliphatic rings. The number of aromatic nitrogens is 1. The van der Waals surface area contributed by atoms with Crippen molar-refractivity contribution in [1.82, 2.24) is 14.4 Å². The lowest BCUT2D eigenvalue weighted by molar-refractivity contribution is -0.144. The van der Waals surface area contributed by atoms with Crippen molar-refractivity contribution in [2.75, 3.05) is 26.7 Å². The normalized spacial score (nSPS) is 17.4. The summed E-state index contributed by atoms with van der Waals surface area (Å²) in [7, 11) is 1.48. The van der Waals surface area contributed by atoms with Gasteiger partial charge in [0, 0.05) is 25.6 Å². The van der Waals surface area contributed by atoms with E-state index >= 15 is 0 Å². The lowest BCUT2D eigenvalue weighted by Crippen LogP contribution is -2.61. The largest absolute Gasteiger partial charge is 0.493 e. The highest BCUT2D eigenvalue weighted by Crippen LogP contribution is 2.45. The van der Waals surface area contributed by atoms with Crippen molar-refractivity contribution < 1.29 is 37.0 Å². The summed E-state index contributed by atoms with van der Waals surface area (Å²) >= 11 is 0. The van der Waals surface area contributed by atoms with Crippen molar-refractivity contribution in [1.29, 1.82) is 0 Å². The van der Waals surface area contributed by atoms with Crippen molar-refractivity contribution in [2.24, 2.45) is 0 Å². The van der Waals surface area contributed by atoms with Gasteiger partial charge in [-0.3, -0.25) is 19.0 Å². The highest BCUT2D eigenvalue weighted by molar-refractivity contribution is 5.95. The highest BCUT2D eigenvalue weighted by Gasteiger charge is 2.52. The highest BCUT2D eigenvalue weighted by atomic mass is 19.4. The van der Waals surface area contributed by atoms with Crippen molar-refractivity contribution >= 4 is 17.7 Å². The number of alkyl halides is 3. The zero-order valence-electron chi connectivity index (χ0n) is 20.5. The first-order chi connectivity index (χ1) is 16.9. The van der Waals surface area contributed by atoms with Crippen LogP contribution >= 0.6 is 0 Å². The van der Waals surface area contributed by atoms with E-state index in [1.165, 1.54) is 25.0 Å². The molecule has 36 heavy (non-hydrogen) atoms.